The van der Waals surface area contributed by atoms with Crippen LogP contribution in [0.4, 0.5) is 11.4 Å². The van der Waals surface area contributed by atoms with Crippen molar-refractivity contribution in [2.24, 2.45) is 0 Å². The minimum atomic E-state index is -3.27. The average molecular weight is 404 g/mol. The van der Waals surface area contributed by atoms with Gasteiger partial charge in [0, 0.05) is 17.8 Å². The largest absolute Gasteiger partial charge is 0.490 e. The molecule has 8 heteroatoms. The number of rotatable bonds is 7. The molecule has 28 heavy (non-hydrogen) atoms. The highest BCUT2D eigenvalue weighted by atomic mass is 32.2. The normalized spacial score (nSPS) is 15.3. The van der Waals surface area contributed by atoms with Crippen molar-refractivity contribution in [3.8, 4) is 11.5 Å². The van der Waals surface area contributed by atoms with Gasteiger partial charge in [0.05, 0.1) is 24.7 Å². The molecule has 3 rings (SSSR count). The van der Waals surface area contributed by atoms with Gasteiger partial charge in [0.25, 0.3) is 5.91 Å². The molecule has 1 aliphatic rings. The molecule has 0 aliphatic carbocycles. The van der Waals surface area contributed by atoms with Crippen LogP contribution in [-0.2, 0) is 10.0 Å². The summed E-state index contributed by atoms with van der Waals surface area (Å²) in [6.45, 7) is 5.15. The molecule has 1 saturated heterocycles. The van der Waals surface area contributed by atoms with E-state index in [4.69, 9.17) is 9.47 Å². The Morgan fingerprint density at radius 3 is 2.50 bits per heavy atom. The van der Waals surface area contributed by atoms with Gasteiger partial charge in [0.1, 0.15) is 0 Å². The smallest absolute Gasteiger partial charge is 0.255 e. The lowest BCUT2D eigenvalue weighted by atomic mass is 10.1. The molecule has 1 fully saturated rings. The van der Waals surface area contributed by atoms with Crippen LogP contribution < -0.4 is 19.1 Å². The molecule has 1 aliphatic heterocycles. The summed E-state index contributed by atoms with van der Waals surface area (Å²) >= 11 is 0. The van der Waals surface area contributed by atoms with Gasteiger partial charge in [0.15, 0.2) is 11.5 Å². The number of nitrogens with one attached hydrogen (secondary N) is 1. The van der Waals surface area contributed by atoms with Crippen LogP contribution >= 0.6 is 0 Å². The summed E-state index contributed by atoms with van der Waals surface area (Å²) in [7, 11) is -3.27. The topological polar surface area (TPSA) is 84.9 Å². The van der Waals surface area contributed by atoms with E-state index < -0.39 is 10.0 Å². The third-order valence-corrected chi connectivity index (χ3v) is 6.17. The third kappa shape index (κ3) is 4.39. The molecule has 2 aromatic carbocycles. The summed E-state index contributed by atoms with van der Waals surface area (Å²) in [5, 5.41) is 2.81. The molecule has 0 unspecified atom stereocenters. The second-order valence-corrected chi connectivity index (χ2v) is 8.29. The standard InChI is InChI=1S/C20H24N2O5S/c1-3-26-18-10-9-15(13-19(18)27-4-2)20(23)21-16-7-5-8-17(14-16)22-11-6-12-28(22,24)25/h5,7-10,13-14H,3-4,6,11-12H2,1-2H3,(H,21,23). The predicted octanol–water partition coefficient (Wildman–Crippen LogP) is 3.28. The quantitative estimate of drug-likeness (QED) is 0.766. The summed E-state index contributed by atoms with van der Waals surface area (Å²) in [5.41, 5.74) is 1.50. The molecule has 0 atom stereocenters. The number of carbonyl (C=O) groups excluding carboxylic acids is 1. The van der Waals surface area contributed by atoms with Crippen LogP contribution in [0.2, 0.25) is 0 Å². The Hall–Kier alpha value is -2.74. The maximum atomic E-state index is 12.7. The monoisotopic (exact) mass is 404 g/mol. The van der Waals surface area contributed by atoms with E-state index >= 15 is 0 Å². The molecule has 150 valence electrons. The molecule has 0 aromatic heterocycles. The lowest BCUT2D eigenvalue weighted by Gasteiger charge is -2.18. The number of carbonyl (C=O) groups is 1. The molecule has 0 spiro atoms. The van der Waals surface area contributed by atoms with Crippen LogP contribution in [0.1, 0.15) is 30.6 Å². The first-order valence-electron chi connectivity index (χ1n) is 9.26. The fraction of sp³-hybridized carbons (Fsp3) is 0.350. The van der Waals surface area contributed by atoms with Gasteiger partial charge in [-0.15, -0.1) is 0 Å². The second-order valence-electron chi connectivity index (χ2n) is 6.27. The van der Waals surface area contributed by atoms with Crippen LogP contribution in [0.5, 0.6) is 11.5 Å². The van der Waals surface area contributed by atoms with Gasteiger partial charge in [-0.3, -0.25) is 9.10 Å². The molecule has 2 aromatic rings. The number of nitrogens with zero attached hydrogens (tertiary/aromatic N) is 1. The van der Waals surface area contributed by atoms with E-state index in [1.807, 2.05) is 13.8 Å². The minimum absolute atomic E-state index is 0.149. The minimum Gasteiger partial charge on any atom is -0.490 e. The molecule has 0 saturated carbocycles. The second kappa shape index (κ2) is 8.52. The molecule has 0 bridgehead atoms. The first kappa shape index (κ1) is 20.0. The summed E-state index contributed by atoms with van der Waals surface area (Å²) in [6, 6.07) is 11.8. The van der Waals surface area contributed by atoms with Crippen molar-refractivity contribution >= 4 is 27.3 Å². The highest BCUT2D eigenvalue weighted by Crippen LogP contribution is 2.30. The number of amides is 1. The van der Waals surface area contributed by atoms with Crippen molar-refractivity contribution < 1.29 is 22.7 Å². The zero-order valence-corrected chi connectivity index (χ0v) is 16.8. The Kier molecular flexibility index (Phi) is 6.08. The maximum Gasteiger partial charge on any atom is 0.255 e. The SMILES string of the molecule is CCOc1ccc(C(=O)Nc2cccc(N3CCCS3(=O)=O)c2)cc1OCC. The van der Waals surface area contributed by atoms with Crippen molar-refractivity contribution in [3.05, 3.63) is 48.0 Å². The van der Waals surface area contributed by atoms with E-state index in [0.717, 1.165) is 0 Å². The van der Waals surface area contributed by atoms with Crippen molar-refractivity contribution in [1.82, 2.24) is 0 Å². The molecule has 1 heterocycles. The van der Waals surface area contributed by atoms with E-state index in [2.05, 4.69) is 5.32 Å². The van der Waals surface area contributed by atoms with E-state index in [1.165, 1.54) is 4.31 Å². The molecular formula is C20H24N2O5S. The first-order chi connectivity index (χ1) is 13.4. The maximum absolute atomic E-state index is 12.7. The highest BCUT2D eigenvalue weighted by molar-refractivity contribution is 7.93. The van der Waals surface area contributed by atoms with E-state index in [1.54, 1.807) is 42.5 Å². The number of anilines is 2. The van der Waals surface area contributed by atoms with Crippen LogP contribution in [-0.4, -0.2) is 39.8 Å². The Balaban J connectivity index is 1.80. The van der Waals surface area contributed by atoms with Gasteiger partial charge >= 0.3 is 0 Å². The Morgan fingerprint density at radius 1 is 1.07 bits per heavy atom. The number of ether oxygens (including phenoxy) is 2. The molecule has 0 radical (unpaired) electrons. The molecular weight excluding hydrogens is 380 g/mol. The van der Waals surface area contributed by atoms with Crippen molar-refractivity contribution in [2.45, 2.75) is 20.3 Å². The molecule has 1 amide bonds. The Labute approximate surface area is 165 Å². The fourth-order valence-corrected chi connectivity index (χ4v) is 4.62. The van der Waals surface area contributed by atoms with Gasteiger partial charge in [-0.2, -0.15) is 0 Å². The first-order valence-corrected chi connectivity index (χ1v) is 10.9. The number of sulfonamides is 1. The van der Waals surface area contributed by atoms with Crippen LogP contribution in [0.15, 0.2) is 42.5 Å². The number of benzene rings is 2. The molecule has 7 nitrogen and oxygen atoms in total. The lowest BCUT2D eigenvalue weighted by molar-refractivity contribution is 0.102. The zero-order chi connectivity index (χ0) is 20.1. The van der Waals surface area contributed by atoms with Crippen molar-refractivity contribution in [1.29, 1.82) is 0 Å². The van der Waals surface area contributed by atoms with E-state index in [-0.39, 0.29) is 11.7 Å². The van der Waals surface area contributed by atoms with Gasteiger partial charge in [0.2, 0.25) is 10.0 Å². The van der Waals surface area contributed by atoms with Crippen LogP contribution in [0, 0.1) is 0 Å². The Bertz CT molecular complexity index is 959. The predicted molar refractivity (Wildman–Crippen MR) is 109 cm³/mol. The van der Waals surface area contributed by atoms with Gasteiger partial charge in [-0.1, -0.05) is 6.07 Å². The number of hydrogen-bond donors (Lipinski definition) is 1. The van der Waals surface area contributed by atoms with Crippen LogP contribution in [0.3, 0.4) is 0 Å². The van der Waals surface area contributed by atoms with E-state index in [9.17, 15) is 13.2 Å². The summed E-state index contributed by atoms with van der Waals surface area (Å²) in [4.78, 5) is 12.7. The van der Waals surface area contributed by atoms with Crippen molar-refractivity contribution in [3.63, 3.8) is 0 Å². The lowest BCUT2D eigenvalue weighted by Crippen LogP contribution is -2.25. The zero-order valence-electron chi connectivity index (χ0n) is 16.0. The van der Waals surface area contributed by atoms with Gasteiger partial charge in [-0.25, -0.2) is 8.42 Å². The van der Waals surface area contributed by atoms with Gasteiger partial charge < -0.3 is 14.8 Å². The summed E-state index contributed by atoms with van der Waals surface area (Å²) in [6.07, 6.45) is 0.602. The molecule has 1 N–H and O–H groups in total. The summed E-state index contributed by atoms with van der Waals surface area (Å²) in [5.74, 6) is 0.928. The van der Waals surface area contributed by atoms with Crippen molar-refractivity contribution in [2.75, 3.05) is 35.1 Å². The fourth-order valence-electron chi connectivity index (χ4n) is 3.06. The highest BCUT2D eigenvalue weighted by Gasteiger charge is 2.28. The Morgan fingerprint density at radius 2 is 1.82 bits per heavy atom. The average Bonchev–Trinajstić information content (AvgIpc) is 3.03. The van der Waals surface area contributed by atoms with E-state index in [0.29, 0.717) is 54.6 Å². The third-order valence-electron chi connectivity index (χ3n) is 4.30. The van der Waals surface area contributed by atoms with Crippen LogP contribution in [0.25, 0.3) is 0 Å². The van der Waals surface area contributed by atoms with Gasteiger partial charge in [-0.05, 0) is 56.7 Å². The number of hydrogen-bond acceptors (Lipinski definition) is 5. The summed E-state index contributed by atoms with van der Waals surface area (Å²) < 4.78 is 36.7.